The van der Waals surface area contributed by atoms with Gasteiger partial charge in [-0.25, -0.2) is 0 Å². The van der Waals surface area contributed by atoms with Crippen molar-refractivity contribution in [2.24, 2.45) is 5.92 Å². The fourth-order valence-corrected chi connectivity index (χ4v) is 0.771. The van der Waals surface area contributed by atoms with Crippen molar-refractivity contribution in [1.82, 2.24) is 0 Å². The van der Waals surface area contributed by atoms with Gasteiger partial charge in [-0.3, -0.25) is 0 Å². The summed E-state index contributed by atoms with van der Waals surface area (Å²) in [6.07, 6.45) is 1.11. The first-order valence-corrected chi connectivity index (χ1v) is 3.57. The van der Waals surface area contributed by atoms with Crippen LogP contribution in [0, 0.1) is 5.92 Å². The molecular weight excluding hydrogens is 116 g/mol. The second-order valence-electron chi connectivity index (χ2n) is 2.51. The lowest BCUT2D eigenvalue weighted by Crippen LogP contribution is -1.90. The summed E-state index contributed by atoms with van der Waals surface area (Å²) < 4.78 is 0. The van der Waals surface area contributed by atoms with Crippen molar-refractivity contribution in [1.29, 1.82) is 0 Å². The van der Waals surface area contributed by atoms with Crippen molar-refractivity contribution in [3.05, 3.63) is 12.2 Å². The van der Waals surface area contributed by atoms with Gasteiger partial charge in [0.2, 0.25) is 0 Å². The molecule has 0 aliphatic rings. The molecule has 0 N–H and O–H groups in total. The summed E-state index contributed by atoms with van der Waals surface area (Å²) in [5.41, 5.74) is 1.24. The highest BCUT2D eigenvalue weighted by molar-refractivity contribution is 7.80. The maximum absolute atomic E-state index is 4.09. The van der Waals surface area contributed by atoms with Gasteiger partial charge in [0.1, 0.15) is 0 Å². The summed E-state index contributed by atoms with van der Waals surface area (Å²) in [6, 6.07) is 0. The van der Waals surface area contributed by atoms with Gasteiger partial charge in [-0.1, -0.05) is 26.0 Å². The number of hydrogen-bond acceptors (Lipinski definition) is 1. The van der Waals surface area contributed by atoms with E-state index >= 15 is 0 Å². The Morgan fingerprint density at radius 3 is 2.25 bits per heavy atom. The molecule has 0 bridgehead atoms. The molecule has 0 saturated heterocycles. The van der Waals surface area contributed by atoms with Crippen molar-refractivity contribution >= 4 is 12.6 Å². The highest BCUT2D eigenvalue weighted by Gasteiger charge is 1.94. The predicted molar refractivity (Wildman–Crippen MR) is 42.4 cm³/mol. The molecule has 0 saturated carbocycles. The minimum absolute atomic E-state index is 0.731. The van der Waals surface area contributed by atoms with Crippen molar-refractivity contribution in [2.45, 2.75) is 20.3 Å². The van der Waals surface area contributed by atoms with Crippen molar-refractivity contribution < 1.29 is 0 Å². The van der Waals surface area contributed by atoms with Crippen LogP contribution in [0.2, 0.25) is 0 Å². The van der Waals surface area contributed by atoms with Gasteiger partial charge in [-0.05, 0) is 12.3 Å². The molecule has 0 radical (unpaired) electrons. The van der Waals surface area contributed by atoms with Crippen LogP contribution in [0.25, 0.3) is 0 Å². The zero-order valence-electron chi connectivity index (χ0n) is 5.65. The van der Waals surface area contributed by atoms with Crippen LogP contribution in [0.15, 0.2) is 12.2 Å². The molecule has 0 heterocycles. The van der Waals surface area contributed by atoms with E-state index in [1.54, 1.807) is 0 Å². The summed E-state index contributed by atoms with van der Waals surface area (Å²) in [5, 5.41) is 0. The smallest absolute Gasteiger partial charge is 0.0110 e. The van der Waals surface area contributed by atoms with Gasteiger partial charge in [-0.2, -0.15) is 12.6 Å². The molecule has 0 rings (SSSR count). The molecule has 0 atom stereocenters. The van der Waals surface area contributed by atoms with Gasteiger partial charge in [0.05, 0.1) is 0 Å². The van der Waals surface area contributed by atoms with Gasteiger partial charge in [0.15, 0.2) is 0 Å². The van der Waals surface area contributed by atoms with Crippen LogP contribution in [-0.2, 0) is 0 Å². The fourth-order valence-electron chi connectivity index (χ4n) is 0.642. The van der Waals surface area contributed by atoms with Gasteiger partial charge < -0.3 is 0 Å². The van der Waals surface area contributed by atoms with Gasteiger partial charge in [0, 0.05) is 5.75 Å². The van der Waals surface area contributed by atoms with Crippen molar-refractivity contribution in [3.63, 3.8) is 0 Å². The minimum atomic E-state index is 0.731. The summed E-state index contributed by atoms with van der Waals surface area (Å²) >= 11 is 4.09. The summed E-state index contributed by atoms with van der Waals surface area (Å²) in [7, 11) is 0. The molecule has 0 aromatic rings. The van der Waals surface area contributed by atoms with Gasteiger partial charge in [-0.15, -0.1) is 0 Å². The molecule has 8 heavy (non-hydrogen) atoms. The third-order valence-electron chi connectivity index (χ3n) is 0.921. The number of rotatable bonds is 3. The van der Waals surface area contributed by atoms with Crippen LogP contribution in [0.3, 0.4) is 0 Å². The Morgan fingerprint density at radius 2 is 2.12 bits per heavy atom. The fraction of sp³-hybridized carbons (Fsp3) is 0.714. The first-order chi connectivity index (χ1) is 3.66. The number of thiol groups is 1. The third-order valence-corrected chi connectivity index (χ3v) is 1.37. The lowest BCUT2D eigenvalue weighted by Gasteiger charge is -2.03. The standard InChI is InChI=1S/C7H14S/c1-6(2)4-7(3)5-8/h6,8H,3-5H2,1-2H3. The van der Waals surface area contributed by atoms with E-state index in [1.165, 1.54) is 5.57 Å². The molecule has 0 aliphatic heterocycles. The van der Waals surface area contributed by atoms with Crippen LogP contribution in [0.1, 0.15) is 20.3 Å². The second kappa shape index (κ2) is 4.02. The highest BCUT2D eigenvalue weighted by Crippen LogP contribution is 2.08. The molecule has 0 aromatic heterocycles. The second-order valence-corrected chi connectivity index (χ2v) is 2.82. The first kappa shape index (κ1) is 8.09. The zero-order valence-corrected chi connectivity index (χ0v) is 6.54. The Morgan fingerprint density at radius 1 is 1.62 bits per heavy atom. The zero-order chi connectivity index (χ0) is 6.57. The largest absolute Gasteiger partial charge is 0.175 e. The molecule has 0 aliphatic carbocycles. The Balaban J connectivity index is 3.25. The Bertz CT molecular complexity index is 74.5. The lowest BCUT2D eigenvalue weighted by molar-refractivity contribution is 0.645. The highest BCUT2D eigenvalue weighted by atomic mass is 32.1. The van der Waals surface area contributed by atoms with Crippen LogP contribution in [0.4, 0.5) is 0 Å². The SMILES string of the molecule is C=C(CS)CC(C)C. The van der Waals surface area contributed by atoms with E-state index in [1.807, 2.05) is 0 Å². The maximum atomic E-state index is 4.09. The molecule has 0 spiro atoms. The Hall–Kier alpha value is 0.0900. The van der Waals surface area contributed by atoms with Crippen LogP contribution >= 0.6 is 12.6 Å². The normalized spacial score (nSPS) is 10.0. The summed E-state index contributed by atoms with van der Waals surface area (Å²) in [6.45, 7) is 8.22. The topological polar surface area (TPSA) is 0 Å². The van der Waals surface area contributed by atoms with Crippen molar-refractivity contribution in [2.75, 3.05) is 5.75 Å². The van der Waals surface area contributed by atoms with E-state index < -0.39 is 0 Å². The molecule has 0 aromatic carbocycles. The number of hydrogen-bond donors (Lipinski definition) is 1. The van der Waals surface area contributed by atoms with E-state index in [0.29, 0.717) is 0 Å². The third kappa shape index (κ3) is 4.25. The van der Waals surface area contributed by atoms with Gasteiger partial charge >= 0.3 is 0 Å². The Labute approximate surface area is 57.4 Å². The Kier molecular flexibility index (Phi) is 4.06. The monoisotopic (exact) mass is 130 g/mol. The average molecular weight is 130 g/mol. The lowest BCUT2D eigenvalue weighted by atomic mass is 10.1. The van der Waals surface area contributed by atoms with Crippen LogP contribution < -0.4 is 0 Å². The van der Waals surface area contributed by atoms with Gasteiger partial charge in [0.25, 0.3) is 0 Å². The first-order valence-electron chi connectivity index (χ1n) is 2.94. The van der Waals surface area contributed by atoms with Crippen LogP contribution in [-0.4, -0.2) is 5.75 Å². The average Bonchev–Trinajstić information content (AvgIpc) is 1.65. The van der Waals surface area contributed by atoms with Crippen LogP contribution in [0.5, 0.6) is 0 Å². The minimum Gasteiger partial charge on any atom is -0.175 e. The summed E-state index contributed by atoms with van der Waals surface area (Å²) in [4.78, 5) is 0. The van der Waals surface area contributed by atoms with E-state index in [4.69, 9.17) is 0 Å². The molecular formula is C7H14S. The molecule has 0 fully saturated rings. The van der Waals surface area contributed by atoms with E-state index in [0.717, 1.165) is 18.1 Å². The summed E-state index contributed by atoms with van der Waals surface area (Å²) in [5.74, 6) is 1.56. The van der Waals surface area contributed by atoms with E-state index in [-0.39, 0.29) is 0 Å². The molecule has 1 heteroatoms. The molecule has 0 unspecified atom stereocenters. The predicted octanol–water partition coefficient (Wildman–Crippen LogP) is 2.52. The van der Waals surface area contributed by atoms with E-state index in [2.05, 4.69) is 33.1 Å². The molecule has 48 valence electrons. The van der Waals surface area contributed by atoms with E-state index in [9.17, 15) is 0 Å². The molecule has 0 nitrogen and oxygen atoms in total. The quantitative estimate of drug-likeness (QED) is 0.440. The molecule has 0 amide bonds. The van der Waals surface area contributed by atoms with Crippen molar-refractivity contribution in [3.8, 4) is 0 Å². The maximum Gasteiger partial charge on any atom is 0.0110 e.